The topological polar surface area (TPSA) is 46.3 Å². The Morgan fingerprint density at radius 3 is 2.20 bits per heavy atom. The summed E-state index contributed by atoms with van der Waals surface area (Å²) >= 11 is 0. The number of pyridine rings is 1. The van der Waals surface area contributed by atoms with Gasteiger partial charge in [0.15, 0.2) is 0 Å². The minimum Gasteiger partial charge on any atom is -0.509 e. The van der Waals surface area contributed by atoms with Crippen LogP contribution in [0, 0.1) is 12.1 Å². The predicted molar refractivity (Wildman–Crippen MR) is 180 cm³/mol. The Morgan fingerprint density at radius 1 is 0.674 bits per heavy atom. The molecule has 3 heterocycles. The van der Waals surface area contributed by atoms with Crippen LogP contribution < -0.4 is 14.9 Å². The van der Waals surface area contributed by atoms with E-state index in [1.165, 1.54) is 5.56 Å². The molecule has 0 radical (unpaired) electrons. The van der Waals surface area contributed by atoms with Crippen molar-refractivity contribution in [2.24, 2.45) is 0 Å². The largest absolute Gasteiger partial charge is 0.509 e. The average Bonchev–Trinajstić information content (AvgIpc) is 3.61. The van der Waals surface area contributed by atoms with Gasteiger partial charge < -0.3 is 9.30 Å². The summed E-state index contributed by atoms with van der Waals surface area (Å²) in [5.74, 6) is 2.02. The number of nitrogens with zero attached hydrogens (tertiary/aromatic N) is 4. The van der Waals surface area contributed by atoms with Crippen LogP contribution in [-0.2, 0) is 26.5 Å². The number of hydrogen-bond donors (Lipinski definition) is 0. The molecule has 1 aliphatic rings. The molecule has 0 saturated carbocycles. The zero-order chi connectivity index (χ0) is 30.5. The molecule has 7 heteroatoms. The van der Waals surface area contributed by atoms with Crippen LogP contribution in [0.4, 0.5) is 22.7 Å². The number of ether oxygens (including phenoxy) is 1. The SMILES string of the molecule is CC(C)(C)c1ccnc(-n2c3[c-]c(Oc4[c-]c(N5[OH+]N(c6ccccc6)c6ccccc65)ccc4)ccc3c3ccccc32)c1.[Pt]. The fourth-order valence-electron chi connectivity index (χ4n) is 5.86. The van der Waals surface area contributed by atoms with E-state index in [1.807, 2.05) is 83.1 Å². The van der Waals surface area contributed by atoms with Crippen LogP contribution in [-0.4, -0.2) is 14.5 Å². The van der Waals surface area contributed by atoms with Crippen LogP contribution >= 0.6 is 0 Å². The molecule has 0 saturated heterocycles. The third-order valence-corrected chi connectivity index (χ3v) is 8.12. The van der Waals surface area contributed by atoms with Crippen molar-refractivity contribution >= 4 is 44.6 Å². The van der Waals surface area contributed by atoms with Crippen molar-refractivity contribution in [1.82, 2.24) is 9.55 Å². The molecule has 0 atom stereocenters. The van der Waals surface area contributed by atoms with Gasteiger partial charge in [-0.1, -0.05) is 79.9 Å². The number of fused-ring (bicyclic) bond motifs is 4. The standard InChI is InChI=1S/C39H30N4O2.Pt/c1-39(2,3)27-22-23-40-38(24-27)41-34-17-8-7-16-32(34)33-21-20-31(26-37(33)41)44-30-15-11-14-29(25-30)43-36-19-10-9-18-35(36)42(45-43)28-12-5-4-6-13-28;/h4-24H,1-3H3;/q-2;/p+1. The molecular weight excluding hydrogens is 752 g/mol. The average molecular weight is 783 g/mol. The van der Waals surface area contributed by atoms with Crippen molar-refractivity contribution in [1.29, 1.82) is 0 Å². The van der Waals surface area contributed by atoms with Crippen LogP contribution in [0.15, 0.2) is 128 Å². The van der Waals surface area contributed by atoms with Crippen LogP contribution in [0.25, 0.3) is 27.6 Å². The maximum atomic E-state index is 6.42. The molecule has 230 valence electrons. The second kappa shape index (κ2) is 11.8. The van der Waals surface area contributed by atoms with Crippen LogP contribution in [0.2, 0.25) is 0 Å². The first-order valence-electron chi connectivity index (χ1n) is 15.0. The Morgan fingerprint density at radius 2 is 1.39 bits per heavy atom. The quantitative estimate of drug-likeness (QED) is 0.129. The predicted octanol–water partition coefficient (Wildman–Crippen LogP) is 10.00. The van der Waals surface area contributed by atoms with E-state index in [0.29, 0.717) is 11.5 Å². The van der Waals surface area contributed by atoms with E-state index >= 15 is 0 Å². The third-order valence-electron chi connectivity index (χ3n) is 8.12. The number of anilines is 4. The van der Waals surface area contributed by atoms with Crippen molar-refractivity contribution in [2.45, 2.75) is 26.2 Å². The molecule has 0 spiro atoms. The molecule has 1 N–H and O–H groups in total. The summed E-state index contributed by atoms with van der Waals surface area (Å²) in [6.07, 6.45) is 1.89. The van der Waals surface area contributed by atoms with Gasteiger partial charge in [0.2, 0.25) is 0 Å². The Labute approximate surface area is 282 Å². The summed E-state index contributed by atoms with van der Waals surface area (Å²) in [7, 11) is 0. The van der Waals surface area contributed by atoms with Crippen LogP contribution in [0.5, 0.6) is 11.5 Å². The fourth-order valence-corrected chi connectivity index (χ4v) is 5.86. The summed E-state index contributed by atoms with van der Waals surface area (Å²) < 4.78 is 8.60. The Hall–Kier alpha value is -4.90. The molecule has 0 bridgehead atoms. The van der Waals surface area contributed by atoms with Crippen molar-refractivity contribution in [2.75, 3.05) is 10.1 Å². The number of rotatable bonds is 5. The van der Waals surface area contributed by atoms with Gasteiger partial charge in [0, 0.05) is 50.0 Å². The maximum Gasteiger partial charge on any atom is 0.148 e. The summed E-state index contributed by atoms with van der Waals surface area (Å²) in [5.41, 5.74) is 6.93. The molecule has 1 aliphatic heterocycles. The minimum atomic E-state index is -0.00441. The normalized spacial score (nSPS) is 12.8. The van der Waals surface area contributed by atoms with Crippen molar-refractivity contribution in [3.8, 4) is 17.3 Å². The molecule has 7 aromatic rings. The molecule has 0 amide bonds. The van der Waals surface area contributed by atoms with Gasteiger partial charge in [0.25, 0.3) is 0 Å². The van der Waals surface area contributed by atoms with Gasteiger partial charge in [-0.2, -0.15) is 17.1 Å². The van der Waals surface area contributed by atoms with Crippen LogP contribution in [0.3, 0.4) is 0 Å². The van der Waals surface area contributed by atoms with Crippen LogP contribution in [0.1, 0.15) is 26.3 Å². The van der Waals surface area contributed by atoms with Gasteiger partial charge in [0.05, 0.1) is 0 Å². The number of hydrogen-bond acceptors (Lipinski definition) is 4. The minimum absolute atomic E-state index is 0. The first-order chi connectivity index (χ1) is 21.9. The van der Waals surface area contributed by atoms with Gasteiger partial charge in [-0.25, -0.2) is 4.98 Å². The van der Waals surface area contributed by atoms with Crippen molar-refractivity contribution in [3.63, 3.8) is 0 Å². The molecule has 6 nitrogen and oxygen atoms in total. The summed E-state index contributed by atoms with van der Waals surface area (Å²) in [6, 6.07) is 47.9. The van der Waals surface area contributed by atoms with Gasteiger partial charge in [0.1, 0.15) is 22.9 Å². The molecule has 46 heavy (non-hydrogen) atoms. The van der Waals surface area contributed by atoms with Crippen molar-refractivity contribution in [3.05, 3.63) is 145 Å². The zero-order valence-corrected chi connectivity index (χ0v) is 27.9. The first-order valence-corrected chi connectivity index (χ1v) is 15.0. The van der Waals surface area contributed by atoms with E-state index < -0.39 is 0 Å². The summed E-state index contributed by atoms with van der Waals surface area (Å²) in [5, 5.41) is 6.07. The first kappa shape index (κ1) is 29.8. The van der Waals surface area contributed by atoms with E-state index in [9.17, 15) is 0 Å². The Bertz CT molecular complexity index is 2190. The molecule has 2 aromatic heterocycles. The second-order valence-corrected chi connectivity index (χ2v) is 12.1. The smallest absolute Gasteiger partial charge is 0.148 e. The molecule has 0 fully saturated rings. The third kappa shape index (κ3) is 5.24. The summed E-state index contributed by atoms with van der Waals surface area (Å²) in [4.78, 5) is 9.73. The van der Waals surface area contributed by atoms with Gasteiger partial charge in [-0.05, 0) is 58.8 Å². The number of aromatic nitrogens is 2. The second-order valence-electron chi connectivity index (χ2n) is 12.1. The monoisotopic (exact) mass is 782 g/mol. The molecular formula is C39H31N4O2Pt-. The number of benzene rings is 5. The zero-order valence-electron chi connectivity index (χ0n) is 25.6. The molecule has 8 rings (SSSR count). The van der Waals surface area contributed by atoms with Crippen molar-refractivity contribution < 1.29 is 30.7 Å². The van der Waals surface area contributed by atoms with E-state index in [-0.39, 0.29) is 26.5 Å². The summed E-state index contributed by atoms with van der Waals surface area (Å²) in [6.45, 7) is 6.65. The van der Waals surface area contributed by atoms with Gasteiger partial charge in [-0.15, -0.1) is 40.8 Å². The van der Waals surface area contributed by atoms with E-state index in [4.69, 9.17) is 14.7 Å². The number of para-hydroxylation sites is 4. The van der Waals surface area contributed by atoms with E-state index in [1.54, 1.807) is 0 Å². The Kier molecular flexibility index (Phi) is 7.64. The maximum absolute atomic E-state index is 6.42. The van der Waals surface area contributed by atoms with Gasteiger partial charge >= 0.3 is 0 Å². The fraction of sp³-hybridized carbons (Fsp3) is 0.103. The molecule has 0 aliphatic carbocycles. The molecule has 0 unspecified atom stereocenters. The van der Waals surface area contributed by atoms with Gasteiger partial charge in [-0.3, -0.25) is 0 Å². The Balaban J connectivity index is 0.00000338. The van der Waals surface area contributed by atoms with E-state index in [0.717, 1.165) is 50.4 Å². The molecule has 5 aromatic carbocycles. The van der Waals surface area contributed by atoms with E-state index in [2.05, 4.69) is 92.1 Å².